The molecule has 0 aliphatic carbocycles. The summed E-state index contributed by atoms with van der Waals surface area (Å²) in [5, 5.41) is 2.72. The number of carbonyl (C=O) groups is 2. The molecule has 124 valence electrons. The molecule has 5 nitrogen and oxygen atoms in total. The smallest absolute Gasteiger partial charge is 0.407 e. The Bertz CT molecular complexity index is 269. The summed E-state index contributed by atoms with van der Waals surface area (Å²) in [6.45, 7) is 2.92. The van der Waals surface area contributed by atoms with Crippen molar-refractivity contribution < 1.29 is 19.1 Å². The normalized spacial score (nSPS) is 10.2. The number of carbonyl (C=O) groups excluding carboxylic acids is 2. The summed E-state index contributed by atoms with van der Waals surface area (Å²) in [5.74, 6) is -0.105. The first kappa shape index (κ1) is 19.7. The van der Waals surface area contributed by atoms with Crippen molar-refractivity contribution >= 4 is 12.1 Å². The summed E-state index contributed by atoms with van der Waals surface area (Å²) >= 11 is 0. The number of alkyl carbamates (subject to hydrolysis) is 1. The molecule has 0 heterocycles. The van der Waals surface area contributed by atoms with Crippen LogP contribution in [0, 0.1) is 0 Å². The first-order valence-corrected chi connectivity index (χ1v) is 8.18. The lowest BCUT2D eigenvalue weighted by Crippen LogP contribution is -2.25. The molecule has 0 aliphatic rings. The SMILES string of the molecule is CCOC(=O)NCCCCCCCCCCCC(=O)OC. The van der Waals surface area contributed by atoms with Gasteiger partial charge in [0.25, 0.3) is 0 Å². The molecule has 5 heteroatoms. The zero-order valence-corrected chi connectivity index (χ0v) is 13.6. The lowest BCUT2D eigenvalue weighted by Gasteiger charge is -2.05. The van der Waals surface area contributed by atoms with E-state index in [4.69, 9.17) is 4.74 Å². The van der Waals surface area contributed by atoms with Crippen molar-refractivity contribution in [1.82, 2.24) is 5.32 Å². The number of rotatable bonds is 13. The van der Waals surface area contributed by atoms with Crippen LogP contribution in [0.1, 0.15) is 71.1 Å². The molecule has 0 rings (SSSR count). The Hall–Kier alpha value is -1.26. The minimum atomic E-state index is -0.315. The van der Waals surface area contributed by atoms with Gasteiger partial charge >= 0.3 is 12.1 Å². The van der Waals surface area contributed by atoms with Gasteiger partial charge in [-0.2, -0.15) is 0 Å². The second-order valence-corrected chi connectivity index (χ2v) is 5.16. The molecule has 0 aromatic heterocycles. The molecule has 1 N–H and O–H groups in total. The van der Waals surface area contributed by atoms with Crippen LogP contribution in [0.3, 0.4) is 0 Å². The van der Waals surface area contributed by atoms with Crippen molar-refractivity contribution in [1.29, 1.82) is 0 Å². The lowest BCUT2D eigenvalue weighted by molar-refractivity contribution is -0.140. The molecule has 0 aromatic rings. The molecule has 0 aliphatic heterocycles. The minimum absolute atomic E-state index is 0.105. The molecule has 0 fully saturated rings. The predicted molar refractivity (Wildman–Crippen MR) is 83.2 cm³/mol. The molecule has 0 bridgehead atoms. The van der Waals surface area contributed by atoms with E-state index in [2.05, 4.69) is 10.1 Å². The fourth-order valence-corrected chi connectivity index (χ4v) is 2.11. The second-order valence-electron chi connectivity index (χ2n) is 5.16. The fourth-order valence-electron chi connectivity index (χ4n) is 2.11. The Morgan fingerprint density at radius 3 is 1.90 bits per heavy atom. The molecule has 1 amide bonds. The van der Waals surface area contributed by atoms with Crippen LogP contribution in [0.15, 0.2) is 0 Å². The molecule has 0 saturated heterocycles. The van der Waals surface area contributed by atoms with Gasteiger partial charge in [-0.05, 0) is 19.8 Å². The molecule has 0 radical (unpaired) electrons. The number of nitrogens with one attached hydrogen (secondary N) is 1. The summed E-state index contributed by atoms with van der Waals surface area (Å²) in [6.07, 6.45) is 10.6. The Labute approximate surface area is 128 Å². The third-order valence-electron chi connectivity index (χ3n) is 3.33. The topological polar surface area (TPSA) is 64.6 Å². The monoisotopic (exact) mass is 301 g/mol. The minimum Gasteiger partial charge on any atom is -0.469 e. The largest absolute Gasteiger partial charge is 0.469 e. The van der Waals surface area contributed by atoms with Crippen molar-refractivity contribution in [3.63, 3.8) is 0 Å². The highest BCUT2D eigenvalue weighted by Crippen LogP contribution is 2.10. The molecule has 0 unspecified atom stereocenters. The van der Waals surface area contributed by atoms with Gasteiger partial charge in [0.1, 0.15) is 0 Å². The van der Waals surface area contributed by atoms with Crippen LogP contribution in [-0.2, 0) is 14.3 Å². The standard InChI is InChI=1S/C16H31NO4/c1-3-21-16(19)17-14-12-10-8-6-4-5-7-9-11-13-15(18)20-2/h3-14H2,1-2H3,(H,17,19). The summed E-state index contributed by atoms with van der Waals surface area (Å²) in [4.78, 5) is 21.9. The van der Waals surface area contributed by atoms with Crippen molar-refractivity contribution in [3.05, 3.63) is 0 Å². The number of unbranched alkanes of at least 4 members (excludes halogenated alkanes) is 8. The number of hydrogen-bond donors (Lipinski definition) is 1. The Morgan fingerprint density at radius 1 is 0.857 bits per heavy atom. The maximum Gasteiger partial charge on any atom is 0.407 e. The van der Waals surface area contributed by atoms with E-state index >= 15 is 0 Å². The van der Waals surface area contributed by atoms with Crippen LogP contribution in [0.5, 0.6) is 0 Å². The van der Waals surface area contributed by atoms with Gasteiger partial charge in [0, 0.05) is 13.0 Å². The number of ether oxygens (including phenoxy) is 2. The van der Waals surface area contributed by atoms with E-state index in [0.29, 0.717) is 19.6 Å². The highest BCUT2D eigenvalue weighted by atomic mass is 16.5. The molecule has 0 aromatic carbocycles. The number of methoxy groups -OCH3 is 1. The molecule has 21 heavy (non-hydrogen) atoms. The van der Waals surface area contributed by atoms with Crippen LogP contribution < -0.4 is 5.32 Å². The highest BCUT2D eigenvalue weighted by Gasteiger charge is 2.00. The first-order chi connectivity index (χ1) is 10.2. The van der Waals surface area contributed by atoms with Gasteiger partial charge in [-0.3, -0.25) is 4.79 Å². The average Bonchev–Trinajstić information content (AvgIpc) is 2.48. The van der Waals surface area contributed by atoms with E-state index in [9.17, 15) is 9.59 Å². The third kappa shape index (κ3) is 15.0. The quantitative estimate of drug-likeness (QED) is 0.415. The molecular weight excluding hydrogens is 270 g/mol. The van der Waals surface area contributed by atoms with Crippen LogP contribution in [0.25, 0.3) is 0 Å². The van der Waals surface area contributed by atoms with E-state index < -0.39 is 0 Å². The number of hydrogen-bond acceptors (Lipinski definition) is 4. The zero-order valence-electron chi connectivity index (χ0n) is 13.6. The highest BCUT2D eigenvalue weighted by molar-refractivity contribution is 5.69. The van der Waals surface area contributed by atoms with E-state index in [-0.39, 0.29) is 12.1 Å². The second kappa shape index (κ2) is 15.1. The Morgan fingerprint density at radius 2 is 1.38 bits per heavy atom. The van der Waals surface area contributed by atoms with Crippen LogP contribution in [0.4, 0.5) is 4.79 Å². The number of esters is 1. The maximum atomic E-state index is 11.0. The maximum absolute atomic E-state index is 11.0. The van der Waals surface area contributed by atoms with Crippen molar-refractivity contribution in [2.45, 2.75) is 71.1 Å². The summed E-state index contributed by atoms with van der Waals surface area (Å²) in [7, 11) is 1.44. The zero-order chi connectivity index (χ0) is 15.8. The Kier molecular flexibility index (Phi) is 14.2. The molecule has 0 atom stereocenters. The van der Waals surface area contributed by atoms with E-state index in [1.54, 1.807) is 6.92 Å². The van der Waals surface area contributed by atoms with Gasteiger partial charge in [0.05, 0.1) is 13.7 Å². The van der Waals surface area contributed by atoms with Gasteiger partial charge in [-0.1, -0.05) is 44.9 Å². The summed E-state index contributed by atoms with van der Waals surface area (Å²) in [6, 6.07) is 0. The van der Waals surface area contributed by atoms with Crippen molar-refractivity contribution in [2.75, 3.05) is 20.3 Å². The van der Waals surface area contributed by atoms with E-state index in [1.807, 2.05) is 0 Å². The lowest BCUT2D eigenvalue weighted by atomic mass is 10.1. The first-order valence-electron chi connectivity index (χ1n) is 8.18. The fraction of sp³-hybridized carbons (Fsp3) is 0.875. The number of amides is 1. The predicted octanol–water partition coefficient (Wildman–Crippen LogP) is 3.81. The summed E-state index contributed by atoms with van der Waals surface area (Å²) < 4.78 is 9.37. The van der Waals surface area contributed by atoms with Gasteiger partial charge in [-0.25, -0.2) is 4.79 Å². The molecular formula is C16H31NO4. The van der Waals surface area contributed by atoms with Crippen molar-refractivity contribution in [2.24, 2.45) is 0 Å². The van der Waals surface area contributed by atoms with E-state index in [1.165, 1.54) is 39.2 Å². The molecule has 0 spiro atoms. The molecule has 0 saturated carbocycles. The van der Waals surface area contributed by atoms with Crippen LogP contribution >= 0.6 is 0 Å². The van der Waals surface area contributed by atoms with Crippen LogP contribution in [-0.4, -0.2) is 32.3 Å². The van der Waals surface area contributed by atoms with Gasteiger partial charge in [0.15, 0.2) is 0 Å². The average molecular weight is 301 g/mol. The van der Waals surface area contributed by atoms with Gasteiger partial charge in [-0.15, -0.1) is 0 Å². The van der Waals surface area contributed by atoms with Gasteiger partial charge < -0.3 is 14.8 Å². The van der Waals surface area contributed by atoms with Gasteiger partial charge in [0.2, 0.25) is 0 Å². The van der Waals surface area contributed by atoms with Crippen molar-refractivity contribution in [3.8, 4) is 0 Å². The summed E-state index contributed by atoms with van der Waals surface area (Å²) in [5.41, 5.74) is 0. The van der Waals surface area contributed by atoms with E-state index in [0.717, 1.165) is 25.7 Å². The third-order valence-corrected chi connectivity index (χ3v) is 3.33. The van der Waals surface area contributed by atoms with Crippen LogP contribution in [0.2, 0.25) is 0 Å². The Balaban J connectivity index is 3.09.